The summed E-state index contributed by atoms with van der Waals surface area (Å²) in [7, 11) is 2.08. The van der Waals surface area contributed by atoms with Crippen LogP contribution in [0.2, 0.25) is 0 Å². The van der Waals surface area contributed by atoms with Crippen LogP contribution in [-0.4, -0.2) is 83.1 Å². The quantitative estimate of drug-likeness (QED) is 0.784. The van der Waals surface area contributed by atoms with E-state index in [2.05, 4.69) is 21.9 Å². The van der Waals surface area contributed by atoms with Crippen molar-refractivity contribution >= 4 is 6.03 Å². The molecule has 0 N–H and O–H groups in total. The zero-order valence-corrected chi connectivity index (χ0v) is 12.3. The fourth-order valence-electron chi connectivity index (χ4n) is 2.69. The van der Waals surface area contributed by atoms with E-state index < -0.39 is 0 Å². The van der Waals surface area contributed by atoms with Gasteiger partial charge in [-0.2, -0.15) is 0 Å². The molecule has 1 aromatic heterocycles. The summed E-state index contributed by atoms with van der Waals surface area (Å²) in [4.78, 5) is 26.6. The number of ether oxygens (including phenoxy) is 1. The number of hydrogen-bond acceptors (Lipinski definition) is 5. The van der Waals surface area contributed by atoms with E-state index in [1.807, 2.05) is 9.80 Å². The van der Waals surface area contributed by atoms with Crippen LogP contribution in [-0.2, 0) is 0 Å². The predicted molar refractivity (Wildman–Crippen MR) is 77.1 cm³/mol. The van der Waals surface area contributed by atoms with E-state index in [4.69, 9.17) is 4.74 Å². The van der Waals surface area contributed by atoms with E-state index in [1.165, 1.54) is 0 Å². The second-order valence-electron chi connectivity index (χ2n) is 5.58. The molecule has 2 aliphatic heterocycles. The molecule has 2 fully saturated rings. The Morgan fingerprint density at radius 1 is 1.14 bits per heavy atom. The maximum Gasteiger partial charge on any atom is 0.320 e. The molecular weight excluding hydrogens is 270 g/mol. The number of carbonyl (C=O) groups is 1. The predicted octanol–water partition coefficient (Wildman–Crippen LogP) is 0.297. The number of aromatic nitrogens is 2. The average Bonchev–Trinajstić information content (AvgIpc) is 2.97. The van der Waals surface area contributed by atoms with Gasteiger partial charge >= 0.3 is 12.0 Å². The number of nitrogens with zero attached hydrogens (tertiary/aromatic N) is 5. The van der Waals surface area contributed by atoms with Gasteiger partial charge in [0.1, 0.15) is 6.10 Å². The van der Waals surface area contributed by atoms with Gasteiger partial charge in [0.2, 0.25) is 0 Å². The van der Waals surface area contributed by atoms with Crippen LogP contribution in [0.5, 0.6) is 6.01 Å². The average molecular weight is 291 g/mol. The molecule has 2 saturated heterocycles. The Balaban J connectivity index is 1.51. The fraction of sp³-hybridized carbons (Fsp3) is 0.643. The summed E-state index contributed by atoms with van der Waals surface area (Å²) < 4.78 is 5.72. The number of hydrogen-bond donors (Lipinski definition) is 0. The highest BCUT2D eigenvalue weighted by molar-refractivity contribution is 5.75. The number of rotatable bonds is 2. The maximum absolute atomic E-state index is 12.5. The standard InChI is InChI=1S/C14H21N5O2/c1-17-7-9-18(10-8-17)14(20)19-6-3-12(11-19)21-13-15-4-2-5-16-13/h2,4-5,12H,3,6-11H2,1H3. The Labute approximate surface area is 124 Å². The largest absolute Gasteiger partial charge is 0.458 e. The minimum Gasteiger partial charge on any atom is -0.458 e. The van der Waals surface area contributed by atoms with Gasteiger partial charge in [0.15, 0.2) is 0 Å². The van der Waals surface area contributed by atoms with Crippen LogP contribution in [0.15, 0.2) is 18.5 Å². The number of urea groups is 1. The minimum atomic E-state index is -0.0104. The number of likely N-dealkylation sites (tertiary alicyclic amines) is 1. The Hall–Kier alpha value is -1.89. The van der Waals surface area contributed by atoms with Crippen molar-refractivity contribution in [3.63, 3.8) is 0 Å². The van der Waals surface area contributed by atoms with Crippen LogP contribution >= 0.6 is 0 Å². The van der Waals surface area contributed by atoms with Crippen LogP contribution in [0.4, 0.5) is 4.79 Å². The van der Waals surface area contributed by atoms with Crippen LogP contribution in [0.25, 0.3) is 0 Å². The van der Waals surface area contributed by atoms with E-state index in [0.717, 1.165) is 39.1 Å². The first-order valence-electron chi connectivity index (χ1n) is 7.38. The van der Waals surface area contributed by atoms with Crippen molar-refractivity contribution in [2.24, 2.45) is 0 Å². The molecule has 3 rings (SSSR count). The van der Waals surface area contributed by atoms with E-state index in [1.54, 1.807) is 18.5 Å². The molecule has 7 heteroatoms. The van der Waals surface area contributed by atoms with E-state index in [9.17, 15) is 4.79 Å². The molecule has 114 valence electrons. The Morgan fingerprint density at radius 2 is 1.86 bits per heavy atom. The van der Waals surface area contributed by atoms with Gasteiger partial charge in [-0.25, -0.2) is 14.8 Å². The van der Waals surface area contributed by atoms with Crippen molar-refractivity contribution in [2.75, 3.05) is 46.3 Å². The normalized spacial score (nSPS) is 23.4. The minimum absolute atomic E-state index is 0.0104. The lowest BCUT2D eigenvalue weighted by atomic mass is 10.3. The number of carbonyl (C=O) groups excluding carboxylic acids is 1. The molecule has 0 aliphatic carbocycles. The Kier molecular flexibility index (Phi) is 4.19. The first-order valence-corrected chi connectivity index (χ1v) is 7.38. The SMILES string of the molecule is CN1CCN(C(=O)N2CCC(Oc3ncccn3)C2)CC1. The van der Waals surface area contributed by atoms with Crippen LogP contribution < -0.4 is 4.74 Å². The summed E-state index contributed by atoms with van der Waals surface area (Å²) in [5, 5.41) is 0. The van der Waals surface area contributed by atoms with Crippen molar-refractivity contribution in [1.82, 2.24) is 24.7 Å². The van der Waals surface area contributed by atoms with Gasteiger partial charge in [0.25, 0.3) is 0 Å². The molecule has 2 aliphatic rings. The van der Waals surface area contributed by atoms with Crippen LogP contribution in [0.3, 0.4) is 0 Å². The highest BCUT2D eigenvalue weighted by Crippen LogP contribution is 2.16. The van der Waals surface area contributed by atoms with Gasteiger partial charge in [-0.1, -0.05) is 0 Å². The Bertz CT molecular complexity index is 476. The van der Waals surface area contributed by atoms with Gasteiger partial charge in [-0.15, -0.1) is 0 Å². The second-order valence-corrected chi connectivity index (χ2v) is 5.58. The lowest BCUT2D eigenvalue weighted by Crippen LogP contribution is -2.51. The van der Waals surface area contributed by atoms with Crippen molar-refractivity contribution < 1.29 is 9.53 Å². The lowest BCUT2D eigenvalue weighted by Gasteiger charge is -2.34. The molecule has 1 unspecified atom stereocenters. The smallest absolute Gasteiger partial charge is 0.320 e. The summed E-state index contributed by atoms with van der Waals surface area (Å²) in [6.07, 6.45) is 4.14. The second kappa shape index (κ2) is 6.26. The molecule has 21 heavy (non-hydrogen) atoms. The number of likely N-dealkylation sites (N-methyl/N-ethyl adjacent to an activating group) is 1. The summed E-state index contributed by atoms with van der Waals surface area (Å²) in [5.74, 6) is 0. The number of piperazine rings is 1. The number of amides is 2. The zero-order valence-electron chi connectivity index (χ0n) is 12.3. The lowest BCUT2D eigenvalue weighted by molar-refractivity contribution is 0.123. The third kappa shape index (κ3) is 3.41. The Morgan fingerprint density at radius 3 is 2.57 bits per heavy atom. The van der Waals surface area contributed by atoms with E-state index in [0.29, 0.717) is 12.6 Å². The molecule has 1 aromatic rings. The molecule has 3 heterocycles. The van der Waals surface area contributed by atoms with Gasteiger partial charge in [-0.05, 0) is 13.1 Å². The summed E-state index contributed by atoms with van der Waals surface area (Å²) in [5.41, 5.74) is 0. The molecule has 0 spiro atoms. The highest BCUT2D eigenvalue weighted by Gasteiger charge is 2.31. The molecule has 1 atom stereocenters. The van der Waals surface area contributed by atoms with Crippen LogP contribution in [0.1, 0.15) is 6.42 Å². The molecule has 0 bridgehead atoms. The van der Waals surface area contributed by atoms with E-state index >= 15 is 0 Å². The molecular formula is C14H21N5O2. The topological polar surface area (TPSA) is 61.8 Å². The van der Waals surface area contributed by atoms with Crippen molar-refractivity contribution in [3.8, 4) is 6.01 Å². The molecule has 0 aromatic carbocycles. The summed E-state index contributed by atoms with van der Waals surface area (Å²) in [6.45, 7) is 4.85. The van der Waals surface area contributed by atoms with Crippen molar-refractivity contribution in [3.05, 3.63) is 18.5 Å². The van der Waals surface area contributed by atoms with Gasteiger partial charge in [0, 0.05) is 51.5 Å². The summed E-state index contributed by atoms with van der Waals surface area (Å²) in [6, 6.07) is 2.27. The van der Waals surface area contributed by atoms with Gasteiger partial charge < -0.3 is 19.4 Å². The first-order chi connectivity index (χ1) is 10.2. The molecule has 0 saturated carbocycles. The van der Waals surface area contributed by atoms with Crippen molar-refractivity contribution in [1.29, 1.82) is 0 Å². The fourth-order valence-corrected chi connectivity index (χ4v) is 2.69. The van der Waals surface area contributed by atoms with Gasteiger partial charge in [0.05, 0.1) is 6.54 Å². The van der Waals surface area contributed by atoms with Crippen molar-refractivity contribution in [2.45, 2.75) is 12.5 Å². The third-order valence-electron chi connectivity index (χ3n) is 4.00. The molecule has 7 nitrogen and oxygen atoms in total. The molecule has 2 amide bonds. The maximum atomic E-state index is 12.5. The van der Waals surface area contributed by atoms with Gasteiger partial charge in [-0.3, -0.25) is 0 Å². The zero-order chi connectivity index (χ0) is 14.7. The van der Waals surface area contributed by atoms with Crippen LogP contribution in [0, 0.1) is 0 Å². The third-order valence-corrected chi connectivity index (χ3v) is 4.00. The summed E-state index contributed by atoms with van der Waals surface area (Å²) >= 11 is 0. The first kappa shape index (κ1) is 14.1. The monoisotopic (exact) mass is 291 g/mol. The highest BCUT2D eigenvalue weighted by atomic mass is 16.5. The molecule has 0 radical (unpaired) electrons. The van der Waals surface area contributed by atoms with E-state index in [-0.39, 0.29) is 12.1 Å².